The van der Waals surface area contributed by atoms with Crippen LogP contribution >= 0.6 is 0 Å². The van der Waals surface area contributed by atoms with E-state index >= 15 is 0 Å². The highest BCUT2D eigenvalue weighted by atomic mass is 16.5. The van der Waals surface area contributed by atoms with Gasteiger partial charge in [0.2, 0.25) is 0 Å². The van der Waals surface area contributed by atoms with Crippen molar-refractivity contribution in [3.63, 3.8) is 0 Å². The number of aliphatic hydroxyl groups excluding tert-OH is 1. The Morgan fingerprint density at radius 2 is 1.80 bits per heavy atom. The summed E-state index contributed by atoms with van der Waals surface area (Å²) >= 11 is 0. The summed E-state index contributed by atoms with van der Waals surface area (Å²) in [7, 11) is 0. The first-order valence-corrected chi connectivity index (χ1v) is 8.05. The highest BCUT2D eigenvalue weighted by molar-refractivity contribution is 6.39. The highest BCUT2D eigenvalue weighted by Gasteiger charge is 2.16. The lowest BCUT2D eigenvalue weighted by atomic mass is 10.1. The molecule has 2 aromatic rings. The van der Waals surface area contributed by atoms with E-state index in [2.05, 4.69) is 10.6 Å². The van der Waals surface area contributed by atoms with Crippen molar-refractivity contribution < 1.29 is 19.4 Å². The first-order chi connectivity index (χ1) is 12.0. The molecule has 0 unspecified atom stereocenters. The van der Waals surface area contributed by atoms with Gasteiger partial charge >= 0.3 is 11.8 Å². The first kappa shape index (κ1) is 18.5. The minimum absolute atomic E-state index is 0.126. The van der Waals surface area contributed by atoms with Crippen LogP contribution in [-0.4, -0.2) is 23.5 Å². The van der Waals surface area contributed by atoms with Crippen LogP contribution in [0.15, 0.2) is 42.5 Å². The number of hydrogen-bond acceptors (Lipinski definition) is 4. The van der Waals surface area contributed by atoms with Crippen LogP contribution in [0.1, 0.15) is 23.6 Å². The SMILES string of the molecule is CCOc1cc(C)ccc1NC(=O)C(=O)NCc1ccccc1CO. The number of hydrogen-bond donors (Lipinski definition) is 3. The zero-order valence-corrected chi connectivity index (χ0v) is 14.3. The maximum absolute atomic E-state index is 12.1. The van der Waals surface area contributed by atoms with Gasteiger partial charge in [0.05, 0.1) is 18.9 Å². The van der Waals surface area contributed by atoms with E-state index in [1.807, 2.05) is 19.9 Å². The number of ether oxygens (including phenoxy) is 1. The van der Waals surface area contributed by atoms with Crippen LogP contribution in [0.4, 0.5) is 5.69 Å². The Morgan fingerprint density at radius 3 is 2.48 bits per heavy atom. The van der Waals surface area contributed by atoms with Crippen LogP contribution < -0.4 is 15.4 Å². The summed E-state index contributed by atoms with van der Waals surface area (Å²) in [6.45, 7) is 4.25. The van der Waals surface area contributed by atoms with Crippen LogP contribution in [-0.2, 0) is 22.7 Å². The van der Waals surface area contributed by atoms with Crippen molar-refractivity contribution in [2.75, 3.05) is 11.9 Å². The number of benzene rings is 2. The van der Waals surface area contributed by atoms with E-state index in [0.717, 1.165) is 11.1 Å². The Labute approximate surface area is 146 Å². The minimum Gasteiger partial charge on any atom is -0.492 e. The Hall–Kier alpha value is -2.86. The average Bonchev–Trinajstić information content (AvgIpc) is 2.62. The smallest absolute Gasteiger partial charge is 0.313 e. The number of anilines is 1. The molecule has 0 atom stereocenters. The van der Waals surface area contributed by atoms with Gasteiger partial charge in [-0.2, -0.15) is 0 Å². The molecular formula is C19H22N2O4. The van der Waals surface area contributed by atoms with Crippen molar-refractivity contribution in [1.29, 1.82) is 0 Å². The molecule has 0 aromatic heterocycles. The number of amides is 2. The number of carbonyl (C=O) groups is 2. The Kier molecular flexibility index (Phi) is 6.54. The topological polar surface area (TPSA) is 87.7 Å². The predicted octanol–water partition coefficient (Wildman–Crippen LogP) is 2.14. The fraction of sp³-hybridized carbons (Fsp3) is 0.263. The van der Waals surface area contributed by atoms with Gasteiger partial charge in [-0.3, -0.25) is 9.59 Å². The molecule has 132 valence electrons. The Bertz CT molecular complexity index is 759. The van der Waals surface area contributed by atoms with Gasteiger partial charge in [-0.25, -0.2) is 0 Å². The van der Waals surface area contributed by atoms with E-state index in [4.69, 9.17) is 4.74 Å². The third-order valence-corrected chi connectivity index (χ3v) is 3.62. The van der Waals surface area contributed by atoms with E-state index in [9.17, 15) is 14.7 Å². The minimum atomic E-state index is -0.772. The molecule has 0 bridgehead atoms. The summed E-state index contributed by atoms with van der Waals surface area (Å²) < 4.78 is 5.48. The van der Waals surface area contributed by atoms with E-state index in [-0.39, 0.29) is 13.2 Å². The van der Waals surface area contributed by atoms with Crippen LogP contribution in [0.5, 0.6) is 5.75 Å². The van der Waals surface area contributed by atoms with Crippen LogP contribution in [0.2, 0.25) is 0 Å². The van der Waals surface area contributed by atoms with Gasteiger partial charge in [-0.15, -0.1) is 0 Å². The van der Waals surface area contributed by atoms with Gasteiger partial charge in [0.1, 0.15) is 5.75 Å². The zero-order valence-electron chi connectivity index (χ0n) is 14.3. The maximum Gasteiger partial charge on any atom is 0.313 e. The molecule has 0 radical (unpaired) electrons. The first-order valence-electron chi connectivity index (χ1n) is 8.05. The molecule has 2 aromatic carbocycles. The Morgan fingerprint density at radius 1 is 1.08 bits per heavy atom. The number of aryl methyl sites for hydroxylation is 1. The van der Waals surface area contributed by atoms with Crippen molar-refractivity contribution in [3.8, 4) is 5.75 Å². The molecule has 2 rings (SSSR count). The van der Waals surface area contributed by atoms with Gasteiger partial charge < -0.3 is 20.5 Å². The lowest BCUT2D eigenvalue weighted by molar-refractivity contribution is -0.136. The fourth-order valence-electron chi connectivity index (χ4n) is 2.33. The summed E-state index contributed by atoms with van der Waals surface area (Å²) in [4.78, 5) is 24.1. The average molecular weight is 342 g/mol. The second-order valence-corrected chi connectivity index (χ2v) is 5.50. The molecule has 0 saturated carbocycles. The number of rotatable bonds is 6. The van der Waals surface area contributed by atoms with E-state index in [0.29, 0.717) is 23.6 Å². The summed E-state index contributed by atoms with van der Waals surface area (Å²) in [5.41, 5.74) is 2.91. The normalized spacial score (nSPS) is 10.2. The fourth-order valence-corrected chi connectivity index (χ4v) is 2.33. The molecule has 6 nitrogen and oxygen atoms in total. The zero-order chi connectivity index (χ0) is 18.2. The summed E-state index contributed by atoms with van der Waals surface area (Å²) in [5.74, 6) is -1.00. The van der Waals surface area contributed by atoms with Crippen LogP contribution in [0.3, 0.4) is 0 Å². The molecule has 3 N–H and O–H groups in total. The van der Waals surface area contributed by atoms with Gasteiger partial charge in [0, 0.05) is 6.54 Å². The van der Waals surface area contributed by atoms with Gasteiger partial charge in [0.15, 0.2) is 0 Å². The second-order valence-electron chi connectivity index (χ2n) is 5.50. The van der Waals surface area contributed by atoms with E-state index in [1.165, 1.54) is 0 Å². The number of carbonyl (C=O) groups excluding carboxylic acids is 2. The third-order valence-electron chi connectivity index (χ3n) is 3.62. The monoisotopic (exact) mass is 342 g/mol. The van der Waals surface area contributed by atoms with Crippen LogP contribution in [0, 0.1) is 6.92 Å². The molecule has 0 heterocycles. The van der Waals surface area contributed by atoms with Crippen molar-refractivity contribution in [2.24, 2.45) is 0 Å². The molecule has 25 heavy (non-hydrogen) atoms. The van der Waals surface area contributed by atoms with Crippen molar-refractivity contribution >= 4 is 17.5 Å². The van der Waals surface area contributed by atoms with Crippen molar-refractivity contribution in [3.05, 3.63) is 59.2 Å². The molecule has 2 amide bonds. The van der Waals surface area contributed by atoms with Crippen molar-refractivity contribution in [1.82, 2.24) is 5.32 Å². The molecular weight excluding hydrogens is 320 g/mol. The predicted molar refractivity (Wildman–Crippen MR) is 95.2 cm³/mol. The summed E-state index contributed by atoms with van der Waals surface area (Å²) in [5, 5.41) is 14.4. The molecule has 0 aliphatic carbocycles. The number of aliphatic hydroxyl groups is 1. The van der Waals surface area contributed by atoms with Gasteiger partial charge in [-0.1, -0.05) is 30.3 Å². The number of nitrogens with one attached hydrogen (secondary N) is 2. The maximum atomic E-state index is 12.1. The molecule has 0 fully saturated rings. The third kappa shape index (κ3) is 5.06. The second kappa shape index (κ2) is 8.84. The van der Waals surface area contributed by atoms with Gasteiger partial charge in [0.25, 0.3) is 0 Å². The molecule has 6 heteroatoms. The summed E-state index contributed by atoms with van der Waals surface area (Å²) in [6, 6.07) is 12.5. The molecule has 0 aliphatic rings. The van der Waals surface area contributed by atoms with Gasteiger partial charge in [-0.05, 0) is 42.7 Å². The molecule has 0 aliphatic heterocycles. The summed E-state index contributed by atoms with van der Waals surface area (Å²) in [6.07, 6.45) is 0. The van der Waals surface area contributed by atoms with Crippen LogP contribution in [0.25, 0.3) is 0 Å². The van der Waals surface area contributed by atoms with Crippen molar-refractivity contribution in [2.45, 2.75) is 27.0 Å². The highest BCUT2D eigenvalue weighted by Crippen LogP contribution is 2.25. The van der Waals surface area contributed by atoms with E-state index < -0.39 is 11.8 Å². The lowest BCUT2D eigenvalue weighted by Crippen LogP contribution is -2.35. The Balaban J connectivity index is 2.00. The standard InChI is InChI=1S/C19H22N2O4/c1-3-25-17-10-13(2)8-9-16(17)21-19(24)18(23)20-11-14-6-4-5-7-15(14)12-22/h4-10,22H,3,11-12H2,1-2H3,(H,20,23)(H,21,24). The quantitative estimate of drug-likeness (QED) is 0.702. The lowest BCUT2D eigenvalue weighted by Gasteiger charge is -2.13. The largest absolute Gasteiger partial charge is 0.492 e. The van der Waals surface area contributed by atoms with E-state index in [1.54, 1.807) is 36.4 Å². The molecule has 0 spiro atoms. The molecule has 0 saturated heterocycles.